The van der Waals surface area contributed by atoms with E-state index in [2.05, 4.69) is 74.6 Å². The Morgan fingerprint density at radius 1 is 0.585 bits per heavy atom. The summed E-state index contributed by atoms with van der Waals surface area (Å²) in [5.41, 5.74) is 0. The molecule has 0 saturated carbocycles. The lowest BCUT2D eigenvalue weighted by atomic mass is 10.1. The van der Waals surface area contributed by atoms with E-state index < -0.39 is 24.3 Å². The molecule has 0 amide bonds. The van der Waals surface area contributed by atoms with Gasteiger partial charge in [-0.1, -0.05) is 132 Å². The van der Waals surface area contributed by atoms with Crippen molar-refractivity contribution in [3.05, 3.63) is 60.8 Å². The van der Waals surface area contributed by atoms with Gasteiger partial charge in [0.15, 0.2) is 12.4 Å². The van der Waals surface area contributed by atoms with Gasteiger partial charge in [0, 0.05) is 12.8 Å². The van der Waals surface area contributed by atoms with E-state index >= 15 is 0 Å². The second kappa shape index (κ2) is 36.0. The molecule has 0 aromatic heterocycles. The zero-order chi connectivity index (χ0) is 39.3. The second-order valence-electron chi connectivity index (χ2n) is 14.5. The van der Waals surface area contributed by atoms with Crippen LogP contribution in [0.5, 0.6) is 0 Å². The van der Waals surface area contributed by atoms with E-state index in [-0.39, 0.29) is 38.6 Å². The molecule has 0 fully saturated rings. The standard InChI is InChI=1S/C44H75NO8/c1-6-8-10-12-14-16-17-18-19-20-21-22-23-24-25-27-29-31-33-35-42(47)53-40(39-52-44(43(48)49)50-37-36-45(3,4)5)38-51-41(46)34-32-30-28-26-15-13-11-9-7-2/h8,10,14,16,18-19,21-22,24-25,40,44H,6-7,9,11-13,15,17,20,23,26-39H2,1-5H3/b10-8-,16-14-,19-18-,22-21-,25-24-. The van der Waals surface area contributed by atoms with Gasteiger partial charge in [0.25, 0.3) is 0 Å². The van der Waals surface area contributed by atoms with E-state index in [4.69, 9.17) is 18.9 Å². The van der Waals surface area contributed by atoms with E-state index in [0.717, 1.165) is 70.6 Å². The maximum Gasteiger partial charge on any atom is 0.306 e. The van der Waals surface area contributed by atoms with Crippen molar-refractivity contribution in [1.29, 1.82) is 0 Å². The average Bonchev–Trinajstić information content (AvgIpc) is 3.11. The summed E-state index contributed by atoms with van der Waals surface area (Å²) >= 11 is 0. The monoisotopic (exact) mass is 746 g/mol. The number of allylic oxidation sites excluding steroid dienone is 10. The van der Waals surface area contributed by atoms with Crippen molar-refractivity contribution in [3.8, 4) is 0 Å². The molecule has 0 radical (unpaired) electrons. The number of carboxylic acid groups (broad SMARTS) is 1. The lowest BCUT2D eigenvalue weighted by Gasteiger charge is -2.26. The van der Waals surface area contributed by atoms with Crippen LogP contribution in [0.4, 0.5) is 0 Å². The molecule has 0 aromatic carbocycles. The highest BCUT2D eigenvalue weighted by atomic mass is 16.7. The molecule has 0 bridgehead atoms. The largest absolute Gasteiger partial charge is 0.545 e. The number of hydrogen-bond donors (Lipinski definition) is 0. The van der Waals surface area contributed by atoms with Crippen LogP contribution in [0.2, 0.25) is 0 Å². The smallest absolute Gasteiger partial charge is 0.306 e. The predicted molar refractivity (Wildman–Crippen MR) is 214 cm³/mol. The highest BCUT2D eigenvalue weighted by molar-refractivity contribution is 5.70. The molecule has 0 aliphatic carbocycles. The van der Waals surface area contributed by atoms with E-state index in [0.29, 0.717) is 17.4 Å². The fourth-order valence-electron chi connectivity index (χ4n) is 5.09. The first-order valence-corrected chi connectivity index (χ1v) is 20.4. The highest BCUT2D eigenvalue weighted by Gasteiger charge is 2.21. The number of aliphatic carboxylic acids is 1. The van der Waals surface area contributed by atoms with Gasteiger partial charge in [-0.3, -0.25) is 9.59 Å². The normalized spacial score (nSPS) is 13.6. The molecule has 9 nitrogen and oxygen atoms in total. The maximum absolute atomic E-state index is 12.7. The Balaban J connectivity index is 4.54. The second-order valence-corrected chi connectivity index (χ2v) is 14.5. The molecule has 53 heavy (non-hydrogen) atoms. The summed E-state index contributed by atoms with van der Waals surface area (Å²) in [5.74, 6) is -2.34. The summed E-state index contributed by atoms with van der Waals surface area (Å²) in [4.78, 5) is 36.8. The van der Waals surface area contributed by atoms with Gasteiger partial charge in [-0.25, -0.2) is 0 Å². The maximum atomic E-state index is 12.7. The first-order chi connectivity index (χ1) is 25.6. The molecule has 0 aromatic rings. The van der Waals surface area contributed by atoms with Gasteiger partial charge in [-0.05, 0) is 57.8 Å². The molecule has 0 spiro atoms. The number of quaternary nitrogens is 1. The van der Waals surface area contributed by atoms with Crippen LogP contribution < -0.4 is 5.11 Å². The van der Waals surface area contributed by atoms with Crippen molar-refractivity contribution in [1.82, 2.24) is 0 Å². The van der Waals surface area contributed by atoms with Crippen LogP contribution >= 0.6 is 0 Å². The van der Waals surface area contributed by atoms with Crippen molar-refractivity contribution in [2.24, 2.45) is 0 Å². The number of carbonyl (C=O) groups is 3. The van der Waals surface area contributed by atoms with E-state index in [1.165, 1.54) is 38.5 Å². The van der Waals surface area contributed by atoms with Gasteiger partial charge in [-0.15, -0.1) is 0 Å². The van der Waals surface area contributed by atoms with Crippen molar-refractivity contribution < 1.29 is 42.9 Å². The summed E-state index contributed by atoms with van der Waals surface area (Å²) in [6.07, 6.45) is 38.3. The van der Waals surface area contributed by atoms with Crippen molar-refractivity contribution in [2.45, 2.75) is 155 Å². The average molecular weight is 746 g/mol. The number of ether oxygens (including phenoxy) is 4. The van der Waals surface area contributed by atoms with Crippen LogP contribution in [0.15, 0.2) is 60.8 Å². The molecular weight excluding hydrogens is 670 g/mol. The third-order valence-electron chi connectivity index (χ3n) is 8.28. The molecule has 304 valence electrons. The van der Waals surface area contributed by atoms with Gasteiger partial charge in [0.2, 0.25) is 0 Å². The van der Waals surface area contributed by atoms with E-state index in [1.807, 2.05) is 21.1 Å². The first-order valence-electron chi connectivity index (χ1n) is 20.4. The van der Waals surface area contributed by atoms with Crippen LogP contribution in [-0.4, -0.2) is 82.3 Å². The fourth-order valence-corrected chi connectivity index (χ4v) is 5.09. The van der Waals surface area contributed by atoms with Crippen LogP contribution in [0.3, 0.4) is 0 Å². The van der Waals surface area contributed by atoms with Crippen LogP contribution in [-0.2, 0) is 33.3 Å². The minimum absolute atomic E-state index is 0.139. The summed E-state index contributed by atoms with van der Waals surface area (Å²) in [7, 11) is 5.88. The molecular formula is C44H75NO8. The Kier molecular flexibility index (Phi) is 33.9. The number of carbonyl (C=O) groups excluding carboxylic acids is 3. The van der Waals surface area contributed by atoms with Crippen molar-refractivity contribution >= 4 is 17.9 Å². The van der Waals surface area contributed by atoms with Gasteiger partial charge >= 0.3 is 11.9 Å². The van der Waals surface area contributed by atoms with E-state index in [9.17, 15) is 19.5 Å². The molecule has 0 aliphatic rings. The number of carboxylic acids is 1. The van der Waals surface area contributed by atoms with Gasteiger partial charge in [0.05, 0.1) is 40.3 Å². The molecule has 0 aliphatic heterocycles. The third kappa shape index (κ3) is 37.1. The molecule has 0 saturated heterocycles. The number of rotatable bonds is 36. The Hall–Kier alpha value is -3.01. The zero-order valence-corrected chi connectivity index (χ0v) is 34.1. The topological polar surface area (TPSA) is 111 Å². The van der Waals surface area contributed by atoms with Crippen molar-refractivity contribution in [2.75, 3.05) is 47.5 Å². The van der Waals surface area contributed by atoms with Gasteiger partial charge in [-0.2, -0.15) is 0 Å². The van der Waals surface area contributed by atoms with Crippen LogP contribution in [0.1, 0.15) is 142 Å². The quantitative estimate of drug-likeness (QED) is 0.0206. The van der Waals surface area contributed by atoms with Crippen LogP contribution in [0, 0.1) is 0 Å². The Bertz CT molecular complexity index is 1060. The number of hydrogen-bond acceptors (Lipinski definition) is 8. The fraction of sp³-hybridized carbons (Fsp3) is 0.705. The lowest BCUT2D eigenvalue weighted by Crippen LogP contribution is -2.44. The lowest BCUT2D eigenvalue weighted by molar-refractivity contribution is -0.870. The Morgan fingerprint density at radius 3 is 1.60 bits per heavy atom. The summed E-state index contributed by atoms with van der Waals surface area (Å²) < 4.78 is 22.4. The molecule has 0 rings (SSSR count). The minimum atomic E-state index is -1.63. The Labute approximate surface area is 323 Å². The van der Waals surface area contributed by atoms with E-state index in [1.54, 1.807) is 0 Å². The molecule has 2 atom stereocenters. The predicted octanol–water partition coefficient (Wildman–Crippen LogP) is 8.88. The minimum Gasteiger partial charge on any atom is -0.545 e. The zero-order valence-electron chi connectivity index (χ0n) is 34.1. The van der Waals surface area contributed by atoms with Gasteiger partial charge < -0.3 is 33.3 Å². The number of likely N-dealkylation sites (N-methyl/N-ethyl adjacent to an activating group) is 1. The SMILES string of the molecule is CC/C=C\C/C=C\C/C=C\C/C=C\C/C=C\CCCCCC(=O)OC(COC(=O)CCCCCCCCCCC)COC(OCC[N+](C)(C)C)C(=O)[O-]. The first kappa shape index (κ1) is 50.0. The van der Waals surface area contributed by atoms with Gasteiger partial charge in [0.1, 0.15) is 13.2 Å². The molecule has 0 N–H and O–H groups in total. The van der Waals surface area contributed by atoms with Crippen LogP contribution in [0.25, 0.3) is 0 Å². The molecule has 0 heterocycles. The van der Waals surface area contributed by atoms with Crippen molar-refractivity contribution in [3.63, 3.8) is 0 Å². The number of esters is 2. The highest BCUT2D eigenvalue weighted by Crippen LogP contribution is 2.12. The molecule has 9 heteroatoms. The number of nitrogens with zero attached hydrogens (tertiary/aromatic N) is 1. The summed E-state index contributed by atoms with van der Waals surface area (Å²) in [6, 6.07) is 0. The Morgan fingerprint density at radius 2 is 1.08 bits per heavy atom. The summed E-state index contributed by atoms with van der Waals surface area (Å²) in [5, 5.41) is 11.6. The summed E-state index contributed by atoms with van der Waals surface area (Å²) in [6.45, 7) is 4.53. The molecule has 2 unspecified atom stereocenters. The third-order valence-corrected chi connectivity index (χ3v) is 8.28. The number of unbranched alkanes of at least 4 members (excludes halogenated alkanes) is 11.